The van der Waals surface area contributed by atoms with Crippen molar-refractivity contribution < 1.29 is 9.13 Å². The van der Waals surface area contributed by atoms with Crippen LogP contribution >= 0.6 is 15.9 Å². The number of halogens is 2. The van der Waals surface area contributed by atoms with Crippen molar-refractivity contribution in [1.29, 1.82) is 0 Å². The Morgan fingerprint density at radius 1 is 1.36 bits per heavy atom. The molecule has 25 heavy (non-hydrogen) atoms. The molecule has 0 aliphatic carbocycles. The van der Waals surface area contributed by atoms with Gasteiger partial charge in [0.15, 0.2) is 5.65 Å². The summed E-state index contributed by atoms with van der Waals surface area (Å²) in [5.41, 5.74) is 7.17. The van der Waals surface area contributed by atoms with Crippen molar-refractivity contribution in [2.45, 2.75) is 25.5 Å². The average molecular weight is 408 g/mol. The monoisotopic (exact) mass is 407 g/mol. The second-order valence-corrected chi connectivity index (χ2v) is 6.69. The summed E-state index contributed by atoms with van der Waals surface area (Å²) >= 11 is 3.45. The van der Waals surface area contributed by atoms with Gasteiger partial charge in [-0.15, -0.1) is 5.10 Å². The molecule has 3 aromatic rings. The minimum absolute atomic E-state index is 0.0212. The summed E-state index contributed by atoms with van der Waals surface area (Å²) in [6.07, 6.45) is 1.86. The molecule has 130 valence electrons. The number of nitrogens with zero attached hydrogens (tertiary/aromatic N) is 4. The lowest BCUT2D eigenvalue weighted by atomic mass is 10.1. The number of benzene rings is 1. The number of nitrogens with two attached hydrogens (primary N) is 1. The number of nitrogen functional groups attached to an aromatic ring is 1. The Morgan fingerprint density at radius 3 is 2.80 bits per heavy atom. The van der Waals surface area contributed by atoms with Crippen molar-refractivity contribution in [2.75, 3.05) is 12.3 Å². The SMILES string of the molecule is Nc1nc(-c2ccc(F)cc2)c(Br)c2nn(C[C@H]3CCCO3)c(=O)n12. The van der Waals surface area contributed by atoms with Crippen molar-refractivity contribution in [2.24, 2.45) is 0 Å². The van der Waals surface area contributed by atoms with Crippen LogP contribution in [0.4, 0.5) is 10.3 Å². The van der Waals surface area contributed by atoms with Gasteiger partial charge in [-0.25, -0.2) is 23.3 Å². The molecule has 0 spiro atoms. The summed E-state index contributed by atoms with van der Waals surface area (Å²) in [7, 11) is 0. The van der Waals surface area contributed by atoms with E-state index >= 15 is 0 Å². The van der Waals surface area contributed by atoms with E-state index < -0.39 is 0 Å². The molecule has 0 bridgehead atoms. The van der Waals surface area contributed by atoms with Gasteiger partial charge in [0.05, 0.1) is 22.8 Å². The Kier molecular flexibility index (Phi) is 4.04. The number of hydrogen-bond acceptors (Lipinski definition) is 5. The fourth-order valence-electron chi connectivity index (χ4n) is 2.98. The minimum atomic E-state index is -0.359. The maximum atomic E-state index is 13.2. The Balaban J connectivity index is 1.84. The van der Waals surface area contributed by atoms with Crippen LogP contribution in [-0.4, -0.2) is 31.9 Å². The summed E-state index contributed by atoms with van der Waals surface area (Å²) in [6, 6.07) is 5.87. The zero-order chi connectivity index (χ0) is 17.6. The molecule has 1 atom stereocenters. The molecular formula is C16H15BrFN5O2. The number of hydrogen-bond donors (Lipinski definition) is 1. The van der Waals surface area contributed by atoms with E-state index in [-0.39, 0.29) is 23.6 Å². The lowest BCUT2D eigenvalue weighted by molar-refractivity contribution is 0.0931. The Labute approximate surface area is 150 Å². The molecule has 4 rings (SSSR count). The van der Waals surface area contributed by atoms with E-state index in [1.54, 1.807) is 12.1 Å². The van der Waals surface area contributed by atoms with Gasteiger partial charge in [-0.2, -0.15) is 0 Å². The predicted molar refractivity (Wildman–Crippen MR) is 93.7 cm³/mol. The lowest BCUT2D eigenvalue weighted by Crippen LogP contribution is -2.28. The molecule has 1 aliphatic rings. The highest BCUT2D eigenvalue weighted by Crippen LogP contribution is 2.30. The second-order valence-electron chi connectivity index (χ2n) is 5.90. The number of ether oxygens (including phenoxy) is 1. The van der Waals surface area contributed by atoms with E-state index in [0.29, 0.717) is 34.5 Å². The van der Waals surface area contributed by atoms with Gasteiger partial charge >= 0.3 is 5.69 Å². The fraction of sp³-hybridized carbons (Fsp3) is 0.312. The normalized spacial score (nSPS) is 17.4. The van der Waals surface area contributed by atoms with Crippen LogP contribution in [0.1, 0.15) is 12.8 Å². The van der Waals surface area contributed by atoms with E-state index in [9.17, 15) is 9.18 Å². The quantitative estimate of drug-likeness (QED) is 0.718. The first-order valence-electron chi connectivity index (χ1n) is 7.86. The third kappa shape index (κ3) is 2.83. The van der Waals surface area contributed by atoms with Gasteiger partial charge in [0.2, 0.25) is 5.95 Å². The maximum absolute atomic E-state index is 13.2. The molecule has 1 aromatic carbocycles. The van der Waals surface area contributed by atoms with Crippen molar-refractivity contribution in [3.63, 3.8) is 0 Å². The van der Waals surface area contributed by atoms with Crippen LogP contribution in [0, 0.1) is 5.82 Å². The van der Waals surface area contributed by atoms with E-state index in [1.807, 2.05) is 0 Å². The molecule has 9 heteroatoms. The van der Waals surface area contributed by atoms with Crippen LogP contribution in [-0.2, 0) is 11.3 Å². The van der Waals surface area contributed by atoms with Crippen molar-refractivity contribution >= 4 is 27.5 Å². The Hall–Kier alpha value is -2.26. The molecule has 2 aromatic heterocycles. The zero-order valence-corrected chi connectivity index (χ0v) is 14.7. The fourth-order valence-corrected chi connectivity index (χ4v) is 3.55. The zero-order valence-electron chi connectivity index (χ0n) is 13.2. The highest BCUT2D eigenvalue weighted by molar-refractivity contribution is 9.10. The van der Waals surface area contributed by atoms with Gasteiger partial charge in [-0.3, -0.25) is 0 Å². The van der Waals surface area contributed by atoms with Gasteiger partial charge in [0.25, 0.3) is 0 Å². The minimum Gasteiger partial charge on any atom is -0.376 e. The standard InChI is InChI=1S/C16H15BrFN5O2/c17-12-13(9-3-5-10(18)6-4-9)20-15(19)23-14(12)21-22(16(23)24)8-11-2-1-7-25-11/h3-6,11H,1-2,7-8H2,(H2,19,20)/t11-/m1/s1. The molecule has 7 nitrogen and oxygen atoms in total. The van der Waals surface area contributed by atoms with Crippen molar-refractivity contribution in [3.8, 4) is 11.3 Å². The summed E-state index contributed by atoms with van der Waals surface area (Å²) in [5.74, 6) is -0.313. The van der Waals surface area contributed by atoms with Crippen LogP contribution in [0.5, 0.6) is 0 Å². The van der Waals surface area contributed by atoms with E-state index in [0.717, 1.165) is 12.8 Å². The summed E-state index contributed by atoms with van der Waals surface area (Å²) < 4.78 is 21.9. The molecule has 0 unspecified atom stereocenters. The highest BCUT2D eigenvalue weighted by Gasteiger charge is 2.22. The topological polar surface area (TPSA) is 87.4 Å². The number of aromatic nitrogens is 4. The molecular weight excluding hydrogens is 393 g/mol. The summed E-state index contributed by atoms with van der Waals surface area (Å²) in [5, 5.41) is 4.39. The highest BCUT2D eigenvalue weighted by atomic mass is 79.9. The van der Waals surface area contributed by atoms with Gasteiger partial charge in [0, 0.05) is 12.2 Å². The molecule has 0 amide bonds. The van der Waals surface area contributed by atoms with Crippen LogP contribution in [0.2, 0.25) is 0 Å². The van der Waals surface area contributed by atoms with Gasteiger partial charge in [0.1, 0.15) is 5.82 Å². The first kappa shape index (κ1) is 16.2. The maximum Gasteiger partial charge on any atom is 0.353 e. The molecule has 2 N–H and O–H groups in total. The van der Waals surface area contributed by atoms with E-state index in [4.69, 9.17) is 10.5 Å². The third-order valence-electron chi connectivity index (χ3n) is 4.22. The first-order chi connectivity index (χ1) is 12.0. The lowest BCUT2D eigenvalue weighted by Gasteiger charge is -2.06. The molecule has 0 saturated carbocycles. The molecule has 1 fully saturated rings. The number of rotatable bonds is 3. The van der Waals surface area contributed by atoms with Gasteiger partial charge < -0.3 is 10.5 Å². The van der Waals surface area contributed by atoms with Crippen molar-refractivity contribution in [1.82, 2.24) is 19.2 Å². The number of anilines is 1. The second kappa shape index (κ2) is 6.23. The van der Waals surface area contributed by atoms with Gasteiger partial charge in [-0.05, 0) is 53.0 Å². The average Bonchev–Trinajstić information content (AvgIpc) is 3.21. The van der Waals surface area contributed by atoms with Crippen LogP contribution < -0.4 is 11.4 Å². The third-order valence-corrected chi connectivity index (χ3v) is 4.95. The smallest absolute Gasteiger partial charge is 0.353 e. The van der Waals surface area contributed by atoms with Gasteiger partial charge in [-0.1, -0.05) is 0 Å². The molecule has 1 aliphatic heterocycles. The summed E-state index contributed by atoms with van der Waals surface area (Å²) in [6.45, 7) is 1.08. The van der Waals surface area contributed by atoms with E-state index in [2.05, 4.69) is 26.0 Å². The van der Waals surface area contributed by atoms with Crippen LogP contribution in [0.3, 0.4) is 0 Å². The molecule has 0 radical (unpaired) electrons. The number of fused-ring (bicyclic) bond motifs is 1. The van der Waals surface area contributed by atoms with Crippen LogP contribution in [0.15, 0.2) is 33.5 Å². The first-order valence-corrected chi connectivity index (χ1v) is 8.66. The molecule has 1 saturated heterocycles. The van der Waals surface area contributed by atoms with Crippen molar-refractivity contribution in [3.05, 3.63) is 45.0 Å². The van der Waals surface area contributed by atoms with E-state index in [1.165, 1.54) is 21.2 Å². The Morgan fingerprint density at radius 2 is 2.12 bits per heavy atom. The largest absolute Gasteiger partial charge is 0.376 e. The predicted octanol–water partition coefficient (Wildman–Crippen LogP) is 2.22. The van der Waals surface area contributed by atoms with Crippen LogP contribution in [0.25, 0.3) is 16.9 Å². The Bertz CT molecular complexity index is 992. The summed E-state index contributed by atoms with van der Waals surface area (Å²) in [4.78, 5) is 16.9. The molecule has 3 heterocycles.